The van der Waals surface area contributed by atoms with E-state index in [1.807, 2.05) is 19.1 Å². The highest BCUT2D eigenvalue weighted by atomic mass is 16.5. The van der Waals surface area contributed by atoms with Crippen LogP contribution < -0.4 is 10.1 Å². The van der Waals surface area contributed by atoms with Crippen molar-refractivity contribution >= 4 is 5.91 Å². The van der Waals surface area contributed by atoms with Gasteiger partial charge < -0.3 is 10.1 Å². The predicted molar refractivity (Wildman–Crippen MR) is 83.7 cm³/mol. The highest BCUT2D eigenvalue weighted by Crippen LogP contribution is 2.18. The Bertz CT molecular complexity index is 596. The minimum Gasteiger partial charge on any atom is -0.493 e. The Labute approximate surface area is 130 Å². The van der Waals surface area contributed by atoms with E-state index in [0.29, 0.717) is 24.5 Å². The fourth-order valence-electron chi connectivity index (χ4n) is 2.12. The quantitative estimate of drug-likeness (QED) is 0.850. The maximum atomic E-state index is 12.5. The van der Waals surface area contributed by atoms with Gasteiger partial charge in [0.05, 0.1) is 37.2 Å². The number of para-hydroxylation sites is 1. The third-order valence-electron chi connectivity index (χ3n) is 3.38. The lowest BCUT2D eigenvalue weighted by Crippen LogP contribution is -2.42. The molecule has 2 aromatic rings. The molecule has 0 aliphatic heterocycles. The topological polar surface area (TPSA) is 69.0 Å². The molecule has 0 spiro atoms. The number of hydrogen-bond donors (Lipinski definition) is 1. The molecular weight excluding hydrogens is 280 g/mol. The summed E-state index contributed by atoms with van der Waals surface area (Å²) in [6.45, 7) is 7.07. The lowest BCUT2D eigenvalue weighted by atomic mass is 10.0. The average molecular weight is 302 g/mol. The Morgan fingerprint density at radius 3 is 2.59 bits per heavy atom. The first-order chi connectivity index (χ1) is 10.6. The van der Waals surface area contributed by atoms with Crippen LogP contribution in [-0.4, -0.2) is 33.5 Å². The molecule has 22 heavy (non-hydrogen) atoms. The molecule has 2 rings (SSSR count). The van der Waals surface area contributed by atoms with Crippen molar-refractivity contribution in [2.75, 3.05) is 6.61 Å². The molecule has 0 aliphatic rings. The van der Waals surface area contributed by atoms with Gasteiger partial charge in [-0.3, -0.25) is 4.79 Å². The van der Waals surface area contributed by atoms with Crippen molar-refractivity contribution in [2.45, 2.75) is 33.4 Å². The summed E-state index contributed by atoms with van der Waals surface area (Å²) in [4.78, 5) is 14.1. The Balaban J connectivity index is 2.11. The van der Waals surface area contributed by atoms with Crippen LogP contribution in [-0.2, 0) is 6.54 Å². The van der Waals surface area contributed by atoms with E-state index in [9.17, 15) is 4.79 Å². The third-order valence-corrected chi connectivity index (χ3v) is 3.38. The molecule has 0 radical (unpaired) electrons. The second-order valence-electron chi connectivity index (χ2n) is 5.34. The van der Waals surface area contributed by atoms with Gasteiger partial charge >= 0.3 is 0 Å². The highest BCUT2D eigenvalue weighted by Gasteiger charge is 2.20. The number of ether oxygens (including phenoxy) is 1. The number of amides is 1. The van der Waals surface area contributed by atoms with Crippen molar-refractivity contribution in [1.82, 2.24) is 20.3 Å². The molecule has 1 aromatic heterocycles. The van der Waals surface area contributed by atoms with Crippen LogP contribution in [0.3, 0.4) is 0 Å². The molecule has 0 saturated carbocycles. The predicted octanol–water partition coefficient (Wildman–Crippen LogP) is 2.13. The average Bonchev–Trinajstić information content (AvgIpc) is 3.00. The van der Waals surface area contributed by atoms with Gasteiger partial charge in [-0.05, 0) is 25.0 Å². The Morgan fingerprint density at radius 1 is 1.27 bits per heavy atom. The molecule has 0 aliphatic carbocycles. The number of carbonyl (C=O) groups is 1. The van der Waals surface area contributed by atoms with Crippen molar-refractivity contribution in [1.29, 1.82) is 0 Å². The number of rotatable bonds is 7. The molecule has 1 N–H and O–H groups in total. The number of carbonyl (C=O) groups excluding carboxylic acids is 1. The smallest absolute Gasteiger partial charge is 0.255 e. The summed E-state index contributed by atoms with van der Waals surface area (Å²) in [5.74, 6) is 0.714. The number of nitrogens with zero attached hydrogens (tertiary/aromatic N) is 3. The lowest BCUT2D eigenvalue weighted by Gasteiger charge is -2.22. The van der Waals surface area contributed by atoms with E-state index < -0.39 is 0 Å². The minimum atomic E-state index is -0.144. The Kier molecular flexibility index (Phi) is 5.52. The first-order valence-electron chi connectivity index (χ1n) is 7.48. The van der Waals surface area contributed by atoms with Crippen LogP contribution in [0.4, 0.5) is 0 Å². The van der Waals surface area contributed by atoms with E-state index in [4.69, 9.17) is 4.74 Å². The summed E-state index contributed by atoms with van der Waals surface area (Å²) < 4.78 is 5.52. The minimum absolute atomic E-state index is 0.0606. The SMILES string of the molecule is CCOc1ccccc1C(=O)NC(Cn1nccn1)C(C)C. The largest absolute Gasteiger partial charge is 0.493 e. The number of benzene rings is 1. The highest BCUT2D eigenvalue weighted by molar-refractivity contribution is 5.97. The molecule has 1 amide bonds. The van der Waals surface area contributed by atoms with Gasteiger partial charge in [0.1, 0.15) is 5.75 Å². The summed E-state index contributed by atoms with van der Waals surface area (Å²) in [7, 11) is 0. The van der Waals surface area contributed by atoms with Gasteiger partial charge in [0.15, 0.2) is 0 Å². The van der Waals surface area contributed by atoms with E-state index in [2.05, 4.69) is 29.4 Å². The zero-order valence-electron chi connectivity index (χ0n) is 13.2. The van der Waals surface area contributed by atoms with Gasteiger partial charge in [-0.25, -0.2) is 0 Å². The van der Waals surface area contributed by atoms with Gasteiger partial charge in [0, 0.05) is 0 Å². The maximum Gasteiger partial charge on any atom is 0.255 e. The zero-order chi connectivity index (χ0) is 15.9. The normalized spacial score (nSPS) is 12.2. The summed E-state index contributed by atoms with van der Waals surface area (Å²) in [6.07, 6.45) is 3.26. The van der Waals surface area contributed by atoms with Gasteiger partial charge in [-0.1, -0.05) is 26.0 Å². The van der Waals surface area contributed by atoms with E-state index in [-0.39, 0.29) is 17.9 Å². The Morgan fingerprint density at radius 2 is 1.95 bits per heavy atom. The van der Waals surface area contributed by atoms with Gasteiger partial charge in [-0.2, -0.15) is 15.0 Å². The van der Waals surface area contributed by atoms with Crippen LogP contribution in [0.25, 0.3) is 0 Å². The van der Waals surface area contributed by atoms with Gasteiger partial charge in [0.25, 0.3) is 5.91 Å². The van der Waals surface area contributed by atoms with Crippen LogP contribution in [0.15, 0.2) is 36.7 Å². The molecule has 0 bridgehead atoms. The van der Waals surface area contributed by atoms with Crippen LogP contribution in [0.5, 0.6) is 5.75 Å². The number of nitrogens with one attached hydrogen (secondary N) is 1. The second kappa shape index (κ2) is 7.59. The van der Waals surface area contributed by atoms with E-state index >= 15 is 0 Å². The zero-order valence-corrected chi connectivity index (χ0v) is 13.2. The first-order valence-corrected chi connectivity index (χ1v) is 7.48. The molecule has 1 aromatic carbocycles. The van der Waals surface area contributed by atoms with Crippen molar-refractivity contribution in [3.05, 3.63) is 42.2 Å². The summed E-state index contributed by atoms with van der Waals surface area (Å²) >= 11 is 0. The number of hydrogen-bond acceptors (Lipinski definition) is 4. The number of aromatic nitrogens is 3. The van der Waals surface area contributed by atoms with Crippen molar-refractivity contribution in [3.63, 3.8) is 0 Å². The molecule has 0 fully saturated rings. The van der Waals surface area contributed by atoms with Crippen LogP contribution >= 0.6 is 0 Å². The molecule has 1 heterocycles. The molecule has 1 atom stereocenters. The van der Waals surface area contributed by atoms with Crippen molar-refractivity contribution < 1.29 is 9.53 Å². The molecule has 118 valence electrons. The fraction of sp³-hybridized carbons (Fsp3) is 0.438. The molecule has 6 heteroatoms. The van der Waals surface area contributed by atoms with Crippen molar-refractivity contribution in [2.24, 2.45) is 5.92 Å². The van der Waals surface area contributed by atoms with E-state index in [1.54, 1.807) is 29.3 Å². The fourth-order valence-corrected chi connectivity index (χ4v) is 2.12. The molecular formula is C16H22N4O2. The third kappa shape index (κ3) is 4.07. The second-order valence-corrected chi connectivity index (χ2v) is 5.34. The molecule has 6 nitrogen and oxygen atoms in total. The van der Waals surface area contributed by atoms with Gasteiger partial charge in [-0.15, -0.1) is 0 Å². The maximum absolute atomic E-state index is 12.5. The van der Waals surface area contributed by atoms with Crippen LogP contribution in [0.2, 0.25) is 0 Å². The van der Waals surface area contributed by atoms with Crippen LogP contribution in [0, 0.1) is 5.92 Å². The van der Waals surface area contributed by atoms with Crippen molar-refractivity contribution in [3.8, 4) is 5.75 Å². The van der Waals surface area contributed by atoms with Crippen LogP contribution in [0.1, 0.15) is 31.1 Å². The Hall–Kier alpha value is -2.37. The van der Waals surface area contributed by atoms with E-state index in [0.717, 1.165) is 0 Å². The summed E-state index contributed by atoms with van der Waals surface area (Å²) in [5.41, 5.74) is 0.545. The standard InChI is InChI=1S/C16H22N4O2/c1-4-22-15-8-6-5-7-13(15)16(21)19-14(12(2)3)11-20-17-9-10-18-20/h5-10,12,14H,4,11H2,1-3H3,(H,19,21). The first kappa shape index (κ1) is 16.0. The van der Waals surface area contributed by atoms with Gasteiger partial charge in [0.2, 0.25) is 0 Å². The lowest BCUT2D eigenvalue weighted by molar-refractivity contribution is 0.0914. The monoisotopic (exact) mass is 302 g/mol. The molecule has 0 saturated heterocycles. The summed E-state index contributed by atoms with van der Waals surface area (Å²) in [6, 6.07) is 7.20. The van der Waals surface area contributed by atoms with E-state index in [1.165, 1.54) is 0 Å². The molecule has 1 unspecified atom stereocenters. The summed E-state index contributed by atoms with van der Waals surface area (Å²) in [5, 5.41) is 11.2.